The van der Waals surface area contributed by atoms with Crippen LogP contribution in [0.1, 0.15) is 34.1 Å². The molecule has 2 N–H and O–H groups in total. The van der Waals surface area contributed by atoms with E-state index >= 15 is 0 Å². The molecule has 0 spiro atoms. The maximum atomic E-state index is 7.47. The Morgan fingerprint density at radius 1 is 1.40 bits per heavy atom. The van der Waals surface area contributed by atoms with Crippen LogP contribution in [0.25, 0.3) is 0 Å². The summed E-state index contributed by atoms with van der Waals surface area (Å²) < 4.78 is 0. The van der Waals surface area contributed by atoms with Crippen LogP contribution in [0.3, 0.4) is 0 Å². The number of hydrogen-bond acceptors (Lipinski definition) is 1. The van der Waals surface area contributed by atoms with E-state index in [9.17, 15) is 0 Å². The average molecular weight is 142 g/mol. The van der Waals surface area contributed by atoms with Crippen LogP contribution in [0, 0.1) is 11.3 Å². The Hall–Kier alpha value is -0.530. The molecule has 0 aliphatic carbocycles. The second-order valence-electron chi connectivity index (χ2n) is 3.02. The van der Waals surface area contributed by atoms with Crippen molar-refractivity contribution in [2.75, 3.05) is 0 Å². The van der Waals surface area contributed by atoms with Crippen LogP contribution in [0.4, 0.5) is 0 Å². The van der Waals surface area contributed by atoms with E-state index in [-0.39, 0.29) is 0 Å². The standard InChI is InChI=1S/C8H18N2/c1-5-7(4)10-8(9)6(2)3/h6-7H,5H2,1-4H3,(H2,9,10). The molecule has 0 amide bonds. The SMILES string of the molecule is CCC(C)NC(=N)C(C)C. The molecule has 0 heterocycles. The summed E-state index contributed by atoms with van der Waals surface area (Å²) in [5, 5.41) is 10.6. The van der Waals surface area contributed by atoms with Crippen LogP contribution in [0.5, 0.6) is 0 Å². The van der Waals surface area contributed by atoms with E-state index < -0.39 is 0 Å². The number of amidine groups is 1. The van der Waals surface area contributed by atoms with Crippen molar-refractivity contribution in [3.05, 3.63) is 0 Å². The van der Waals surface area contributed by atoms with Gasteiger partial charge in [0.25, 0.3) is 0 Å². The van der Waals surface area contributed by atoms with Gasteiger partial charge in [-0.1, -0.05) is 20.8 Å². The quantitative estimate of drug-likeness (QED) is 0.459. The van der Waals surface area contributed by atoms with Crippen molar-refractivity contribution in [3.63, 3.8) is 0 Å². The first-order valence-corrected chi connectivity index (χ1v) is 3.92. The molecule has 2 heteroatoms. The second-order valence-corrected chi connectivity index (χ2v) is 3.02. The van der Waals surface area contributed by atoms with E-state index in [1.54, 1.807) is 0 Å². The van der Waals surface area contributed by atoms with Crippen molar-refractivity contribution in [1.82, 2.24) is 5.32 Å². The van der Waals surface area contributed by atoms with Crippen LogP contribution in [0.15, 0.2) is 0 Å². The van der Waals surface area contributed by atoms with Gasteiger partial charge in [0.2, 0.25) is 0 Å². The van der Waals surface area contributed by atoms with Gasteiger partial charge in [-0.15, -0.1) is 0 Å². The third-order valence-electron chi connectivity index (χ3n) is 1.59. The van der Waals surface area contributed by atoms with Crippen molar-refractivity contribution in [1.29, 1.82) is 5.41 Å². The van der Waals surface area contributed by atoms with Gasteiger partial charge in [-0.25, -0.2) is 0 Å². The third kappa shape index (κ3) is 3.49. The molecule has 60 valence electrons. The maximum Gasteiger partial charge on any atom is 0.0959 e. The fourth-order valence-electron chi connectivity index (χ4n) is 0.534. The summed E-state index contributed by atoms with van der Waals surface area (Å²) in [6.45, 7) is 8.26. The smallest absolute Gasteiger partial charge is 0.0959 e. The minimum atomic E-state index is 0.328. The molecule has 1 atom stereocenters. The second kappa shape index (κ2) is 4.31. The van der Waals surface area contributed by atoms with Gasteiger partial charge in [0.15, 0.2) is 0 Å². The van der Waals surface area contributed by atoms with Crippen molar-refractivity contribution in [2.24, 2.45) is 5.92 Å². The molecule has 0 fully saturated rings. The van der Waals surface area contributed by atoms with E-state index in [1.807, 2.05) is 13.8 Å². The zero-order valence-electron chi connectivity index (χ0n) is 7.36. The largest absolute Gasteiger partial charge is 0.371 e. The molecule has 0 saturated carbocycles. The van der Waals surface area contributed by atoms with Crippen molar-refractivity contribution >= 4 is 5.84 Å². The highest BCUT2D eigenvalue weighted by molar-refractivity contribution is 5.80. The highest BCUT2D eigenvalue weighted by Crippen LogP contribution is 1.94. The van der Waals surface area contributed by atoms with Crippen LogP contribution in [-0.2, 0) is 0 Å². The highest BCUT2D eigenvalue weighted by Gasteiger charge is 2.04. The number of hydrogen-bond donors (Lipinski definition) is 2. The predicted molar refractivity (Wildman–Crippen MR) is 45.5 cm³/mol. The fourth-order valence-corrected chi connectivity index (χ4v) is 0.534. The molecule has 0 radical (unpaired) electrons. The predicted octanol–water partition coefficient (Wildman–Crippen LogP) is 2.01. The van der Waals surface area contributed by atoms with E-state index in [0.29, 0.717) is 17.8 Å². The van der Waals surface area contributed by atoms with Crippen LogP contribution in [-0.4, -0.2) is 11.9 Å². The van der Waals surface area contributed by atoms with Crippen molar-refractivity contribution in [3.8, 4) is 0 Å². The molecule has 2 nitrogen and oxygen atoms in total. The first kappa shape index (κ1) is 9.47. The summed E-state index contributed by atoms with van der Waals surface area (Å²) in [6.07, 6.45) is 1.08. The Kier molecular flexibility index (Phi) is 4.08. The van der Waals surface area contributed by atoms with Crippen LogP contribution >= 0.6 is 0 Å². The van der Waals surface area contributed by atoms with Gasteiger partial charge in [-0.05, 0) is 13.3 Å². The summed E-state index contributed by atoms with van der Waals surface area (Å²) in [6, 6.07) is 0.440. The van der Waals surface area contributed by atoms with Gasteiger partial charge in [-0.3, -0.25) is 5.41 Å². The Morgan fingerprint density at radius 3 is 2.20 bits per heavy atom. The van der Waals surface area contributed by atoms with Crippen molar-refractivity contribution in [2.45, 2.75) is 40.2 Å². The molecule has 0 rings (SSSR count). The average Bonchev–Trinajstić information content (AvgIpc) is 1.87. The maximum absolute atomic E-state index is 7.47. The topological polar surface area (TPSA) is 35.9 Å². The van der Waals surface area contributed by atoms with E-state index in [0.717, 1.165) is 6.42 Å². The lowest BCUT2D eigenvalue weighted by Crippen LogP contribution is -2.34. The fraction of sp³-hybridized carbons (Fsp3) is 0.875. The summed E-state index contributed by atoms with van der Waals surface area (Å²) in [4.78, 5) is 0. The molecular formula is C8H18N2. The first-order valence-electron chi connectivity index (χ1n) is 3.92. The van der Waals surface area contributed by atoms with E-state index in [2.05, 4.69) is 19.2 Å². The number of rotatable bonds is 3. The highest BCUT2D eigenvalue weighted by atomic mass is 15.0. The lowest BCUT2D eigenvalue weighted by Gasteiger charge is -2.15. The van der Waals surface area contributed by atoms with Gasteiger partial charge < -0.3 is 5.32 Å². The molecule has 0 aromatic carbocycles. The zero-order chi connectivity index (χ0) is 8.15. The molecule has 10 heavy (non-hydrogen) atoms. The molecule has 0 saturated heterocycles. The molecule has 1 unspecified atom stereocenters. The van der Waals surface area contributed by atoms with Gasteiger partial charge >= 0.3 is 0 Å². The molecule has 0 aromatic rings. The van der Waals surface area contributed by atoms with Gasteiger partial charge in [0, 0.05) is 12.0 Å². The van der Waals surface area contributed by atoms with Gasteiger partial charge in [-0.2, -0.15) is 0 Å². The monoisotopic (exact) mass is 142 g/mol. The van der Waals surface area contributed by atoms with Crippen molar-refractivity contribution < 1.29 is 0 Å². The van der Waals surface area contributed by atoms with Crippen LogP contribution < -0.4 is 5.32 Å². The summed E-state index contributed by atoms with van der Waals surface area (Å²) in [7, 11) is 0. The molecular weight excluding hydrogens is 124 g/mol. The molecule has 0 aliphatic heterocycles. The Labute approximate surface area is 63.5 Å². The van der Waals surface area contributed by atoms with Gasteiger partial charge in [0.05, 0.1) is 5.84 Å². The van der Waals surface area contributed by atoms with E-state index in [4.69, 9.17) is 5.41 Å². The Morgan fingerprint density at radius 2 is 1.90 bits per heavy atom. The lowest BCUT2D eigenvalue weighted by molar-refractivity contribution is 0.617. The molecule has 0 aromatic heterocycles. The minimum Gasteiger partial charge on any atom is -0.371 e. The van der Waals surface area contributed by atoms with Gasteiger partial charge in [0.1, 0.15) is 0 Å². The lowest BCUT2D eigenvalue weighted by atomic mass is 10.1. The Bertz CT molecular complexity index is 108. The minimum absolute atomic E-state index is 0.328. The van der Waals surface area contributed by atoms with Crippen LogP contribution in [0.2, 0.25) is 0 Å². The molecule has 0 bridgehead atoms. The number of nitrogens with one attached hydrogen (secondary N) is 2. The normalized spacial score (nSPS) is 13.3. The summed E-state index contributed by atoms with van der Waals surface area (Å²) in [5.41, 5.74) is 0. The first-order chi connectivity index (χ1) is 4.57. The molecule has 0 aliphatic rings. The van der Waals surface area contributed by atoms with E-state index in [1.165, 1.54) is 0 Å². The third-order valence-corrected chi connectivity index (χ3v) is 1.59. The zero-order valence-corrected chi connectivity index (χ0v) is 7.36. The summed E-state index contributed by atoms with van der Waals surface area (Å²) >= 11 is 0. The Balaban J connectivity index is 3.57. The summed E-state index contributed by atoms with van der Waals surface area (Å²) in [5.74, 6) is 0.975.